The Hall–Kier alpha value is -1.82. The first-order valence-electron chi connectivity index (χ1n) is 8.52. The third-order valence-electron chi connectivity index (χ3n) is 4.94. The van der Waals surface area contributed by atoms with E-state index in [0.29, 0.717) is 23.6 Å². The number of carbonyl (C=O) groups is 1. The Morgan fingerprint density at radius 2 is 2.08 bits per heavy atom. The van der Waals surface area contributed by atoms with Gasteiger partial charge in [-0.3, -0.25) is 9.36 Å². The number of carbonyl (C=O) groups excluding carboxylic acids is 1. The largest absolute Gasteiger partial charge is 0.352 e. The fourth-order valence-electron chi connectivity index (χ4n) is 3.25. The highest BCUT2D eigenvalue weighted by Gasteiger charge is 2.28. The summed E-state index contributed by atoms with van der Waals surface area (Å²) in [5.41, 5.74) is 1.00. The number of nitrogens with one attached hydrogen (secondary N) is 1. The second-order valence-corrected chi connectivity index (χ2v) is 7.49. The van der Waals surface area contributed by atoms with Crippen LogP contribution in [0.2, 0.25) is 0 Å². The molecule has 1 heterocycles. The van der Waals surface area contributed by atoms with Gasteiger partial charge < -0.3 is 5.32 Å². The van der Waals surface area contributed by atoms with E-state index in [9.17, 15) is 4.79 Å². The topological polar surface area (TPSA) is 59.8 Å². The first kappa shape index (κ1) is 17.0. The highest BCUT2D eigenvalue weighted by Crippen LogP contribution is 2.29. The lowest BCUT2D eigenvalue weighted by Gasteiger charge is -2.34. The van der Waals surface area contributed by atoms with Crippen LogP contribution < -0.4 is 5.32 Å². The van der Waals surface area contributed by atoms with Crippen molar-refractivity contribution in [2.24, 2.45) is 11.8 Å². The minimum absolute atomic E-state index is 0.0774. The number of thioether (sulfide) groups is 1. The Labute approximate surface area is 147 Å². The molecule has 1 amide bonds. The summed E-state index contributed by atoms with van der Waals surface area (Å²) in [4.78, 5) is 12.3. The van der Waals surface area contributed by atoms with Gasteiger partial charge in [0.25, 0.3) is 0 Å². The molecule has 0 spiro atoms. The lowest BCUT2D eigenvalue weighted by molar-refractivity contribution is -0.120. The second-order valence-electron chi connectivity index (χ2n) is 6.55. The van der Waals surface area contributed by atoms with Crippen LogP contribution in [0.4, 0.5) is 0 Å². The number of para-hydroxylation sites is 1. The standard InChI is InChI=1S/C18H24N4OS/c1-13-7-6-10-16(14(13)2)20-17(23)11-24-18-21-19-12-22(18)15-8-4-3-5-9-15/h3-5,8-9,12-14,16H,6-7,10-11H2,1-2H3,(H,20,23)/t13-,14+,16-/m0/s1. The van der Waals surface area contributed by atoms with E-state index in [4.69, 9.17) is 0 Å². The van der Waals surface area contributed by atoms with Gasteiger partial charge in [-0.2, -0.15) is 0 Å². The molecule has 128 valence electrons. The third-order valence-corrected chi connectivity index (χ3v) is 5.88. The van der Waals surface area contributed by atoms with E-state index in [2.05, 4.69) is 29.4 Å². The molecule has 1 aromatic carbocycles. The average molecular weight is 344 g/mol. The molecule has 0 radical (unpaired) electrons. The van der Waals surface area contributed by atoms with Crippen molar-refractivity contribution < 1.29 is 4.79 Å². The van der Waals surface area contributed by atoms with Crippen molar-refractivity contribution in [3.05, 3.63) is 36.7 Å². The molecule has 1 aromatic heterocycles. The van der Waals surface area contributed by atoms with Gasteiger partial charge in [0.2, 0.25) is 5.91 Å². The summed E-state index contributed by atoms with van der Waals surface area (Å²) in [6, 6.07) is 10.2. The molecule has 0 unspecified atom stereocenters. The first-order valence-corrected chi connectivity index (χ1v) is 9.51. The molecule has 3 atom stereocenters. The van der Waals surface area contributed by atoms with Crippen LogP contribution in [0.5, 0.6) is 0 Å². The molecule has 1 N–H and O–H groups in total. The number of rotatable bonds is 5. The summed E-state index contributed by atoms with van der Waals surface area (Å²) in [5.74, 6) is 1.66. The van der Waals surface area contributed by atoms with Crippen LogP contribution in [0.1, 0.15) is 33.1 Å². The highest BCUT2D eigenvalue weighted by molar-refractivity contribution is 7.99. The zero-order chi connectivity index (χ0) is 16.9. The van der Waals surface area contributed by atoms with Crippen molar-refractivity contribution in [3.8, 4) is 5.69 Å². The molecule has 0 saturated heterocycles. The van der Waals surface area contributed by atoms with Crippen molar-refractivity contribution >= 4 is 17.7 Å². The molecule has 0 bridgehead atoms. The lowest BCUT2D eigenvalue weighted by atomic mass is 9.78. The molecule has 1 saturated carbocycles. The molecule has 5 nitrogen and oxygen atoms in total. The Morgan fingerprint density at radius 3 is 2.88 bits per heavy atom. The zero-order valence-corrected chi connectivity index (χ0v) is 15.0. The molecule has 1 aliphatic carbocycles. The van der Waals surface area contributed by atoms with Gasteiger partial charge in [-0.25, -0.2) is 0 Å². The van der Waals surface area contributed by atoms with Gasteiger partial charge in [0.15, 0.2) is 5.16 Å². The first-order chi connectivity index (χ1) is 11.6. The SMILES string of the molecule is C[C@H]1[C@@H](NC(=O)CSc2nncn2-c2ccccc2)CCC[C@@H]1C. The molecule has 1 aliphatic rings. The normalized spacial score (nSPS) is 23.8. The predicted octanol–water partition coefficient (Wildman–Crippen LogP) is 3.30. The molecule has 0 aliphatic heterocycles. The average Bonchev–Trinajstić information content (AvgIpc) is 3.06. The van der Waals surface area contributed by atoms with Gasteiger partial charge >= 0.3 is 0 Å². The molecule has 6 heteroatoms. The molecule has 2 aromatic rings. The highest BCUT2D eigenvalue weighted by atomic mass is 32.2. The van der Waals surface area contributed by atoms with E-state index in [0.717, 1.165) is 17.3 Å². The molecule has 24 heavy (non-hydrogen) atoms. The monoisotopic (exact) mass is 344 g/mol. The maximum Gasteiger partial charge on any atom is 0.230 e. The van der Waals surface area contributed by atoms with Crippen LogP contribution in [0.25, 0.3) is 5.69 Å². The summed E-state index contributed by atoms with van der Waals surface area (Å²) >= 11 is 1.42. The van der Waals surface area contributed by atoms with Crippen LogP contribution in [0.3, 0.4) is 0 Å². The zero-order valence-electron chi connectivity index (χ0n) is 14.2. The van der Waals surface area contributed by atoms with Crippen LogP contribution in [0, 0.1) is 11.8 Å². The third kappa shape index (κ3) is 3.98. The fraction of sp³-hybridized carbons (Fsp3) is 0.500. The number of nitrogens with zero attached hydrogens (tertiary/aromatic N) is 3. The molecular weight excluding hydrogens is 320 g/mol. The van der Waals surface area contributed by atoms with Crippen LogP contribution in [0.15, 0.2) is 41.8 Å². The summed E-state index contributed by atoms with van der Waals surface area (Å²) in [7, 11) is 0. The van der Waals surface area contributed by atoms with Gasteiger partial charge in [-0.1, -0.05) is 56.7 Å². The number of hydrogen-bond acceptors (Lipinski definition) is 4. The molecule has 3 rings (SSSR count). The summed E-state index contributed by atoms with van der Waals surface area (Å²) in [6.45, 7) is 4.52. The van der Waals surface area contributed by atoms with Gasteiger partial charge in [0.1, 0.15) is 6.33 Å². The number of amides is 1. The minimum Gasteiger partial charge on any atom is -0.352 e. The fourth-order valence-corrected chi connectivity index (χ4v) is 3.99. The molecular formula is C18H24N4OS. The Kier molecular flexibility index (Phi) is 5.56. The maximum atomic E-state index is 12.3. The van der Waals surface area contributed by atoms with Crippen molar-refractivity contribution in [3.63, 3.8) is 0 Å². The van der Waals surface area contributed by atoms with Crippen LogP contribution in [-0.4, -0.2) is 32.5 Å². The van der Waals surface area contributed by atoms with Crippen molar-refractivity contribution in [2.45, 2.75) is 44.3 Å². The maximum absolute atomic E-state index is 12.3. The number of hydrogen-bond donors (Lipinski definition) is 1. The second kappa shape index (κ2) is 7.83. The Bertz CT molecular complexity index is 673. The van der Waals surface area contributed by atoms with Crippen molar-refractivity contribution in [2.75, 3.05) is 5.75 Å². The van der Waals surface area contributed by atoms with E-state index in [-0.39, 0.29) is 5.91 Å². The van der Waals surface area contributed by atoms with E-state index >= 15 is 0 Å². The minimum atomic E-state index is 0.0774. The van der Waals surface area contributed by atoms with E-state index in [1.165, 1.54) is 24.6 Å². The molecule has 1 fully saturated rings. The lowest BCUT2D eigenvalue weighted by Crippen LogP contribution is -2.44. The van der Waals surface area contributed by atoms with Gasteiger partial charge in [0.05, 0.1) is 5.75 Å². The number of benzene rings is 1. The van der Waals surface area contributed by atoms with Crippen molar-refractivity contribution in [1.82, 2.24) is 20.1 Å². The van der Waals surface area contributed by atoms with E-state index in [1.807, 2.05) is 34.9 Å². The van der Waals surface area contributed by atoms with Gasteiger partial charge in [-0.15, -0.1) is 10.2 Å². The van der Waals surface area contributed by atoms with Gasteiger partial charge in [0, 0.05) is 11.7 Å². The Morgan fingerprint density at radius 1 is 1.29 bits per heavy atom. The summed E-state index contributed by atoms with van der Waals surface area (Å²) in [6.07, 6.45) is 5.23. The van der Waals surface area contributed by atoms with Crippen LogP contribution >= 0.6 is 11.8 Å². The van der Waals surface area contributed by atoms with Crippen LogP contribution in [-0.2, 0) is 4.79 Å². The van der Waals surface area contributed by atoms with Crippen molar-refractivity contribution in [1.29, 1.82) is 0 Å². The summed E-state index contributed by atoms with van der Waals surface area (Å²) in [5, 5.41) is 12.0. The van der Waals surface area contributed by atoms with E-state index < -0.39 is 0 Å². The Balaban J connectivity index is 1.57. The smallest absolute Gasteiger partial charge is 0.230 e. The van der Waals surface area contributed by atoms with E-state index in [1.54, 1.807) is 6.33 Å². The predicted molar refractivity (Wildman–Crippen MR) is 96.2 cm³/mol. The quantitative estimate of drug-likeness (QED) is 0.846. The summed E-state index contributed by atoms with van der Waals surface area (Å²) < 4.78 is 1.91. The van der Waals surface area contributed by atoms with Gasteiger partial charge in [-0.05, 0) is 30.4 Å². The number of aromatic nitrogens is 3.